The van der Waals surface area contributed by atoms with Crippen LogP contribution in [0.3, 0.4) is 0 Å². The molecule has 0 aromatic heterocycles. The molecule has 0 unspecified atom stereocenters. The molecular formula is C42H29N. The molecule has 0 N–H and O–H groups in total. The van der Waals surface area contributed by atoms with Crippen LogP contribution < -0.4 is 4.90 Å². The van der Waals surface area contributed by atoms with Gasteiger partial charge in [-0.1, -0.05) is 152 Å². The summed E-state index contributed by atoms with van der Waals surface area (Å²) >= 11 is 0. The van der Waals surface area contributed by atoms with E-state index in [0.29, 0.717) is 0 Å². The molecule has 0 atom stereocenters. The Morgan fingerprint density at radius 2 is 0.651 bits per heavy atom. The van der Waals surface area contributed by atoms with E-state index in [1.165, 1.54) is 60.3 Å². The Balaban J connectivity index is 1.49. The minimum Gasteiger partial charge on any atom is -0.309 e. The van der Waals surface area contributed by atoms with Gasteiger partial charge in [-0.15, -0.1) is 0 Å². The predicted molar refractivity (Wildman–Crippen MR) is 185 cm³/mol. The Kier molecular flexibility index (Phi) is 6.20. The fourth-order valence-corrected chi connectivity index (χ4v) is 6.58. The minimum absolute atomic E-state index is 1.13. The highest BCUT2D eigenvalue weighted by atomic mass is 15.1. The van der Waals surface area contributed by atoms with Crippen molar-refractivity contribution >= 4 is 49.4 Å². The van der Waals surface area contributed by atoms with Gasteiger partial charge in [0.15, 0.2) is 0 Å². The van der Waals surface area contributed by atoms with Gasteiger partial charge >= 0.3 is 0 Å². The number of rotatable bonds is 5. The van der Waals surface area contributed by atoms with Crippen molar-refractivity contribution < 1.29 is 0 Å². The van der Waals surface area contributed by atoms with Crippen LogP contribution >= 0.6 is 0 Å². The molecule has 0 aliphatic heterocycles. The summed E-state index contributed by atoms with van der Waals surface area (Å²) in [6.07, 6.45) is 0. The Morgan fingerprint density at radius 1 is 0.279 bits per heavy atom. The van der Waals surface area contributed by atoms with Crippen molar-refractivity contribution in [3.63, 3.8) is 0 Å². The molecule has 8 aromatic rings. The van der Waals surface area contributed by atoms with Crippen molar-refractivity contribution in [2.45, 2.75) is 0 Å². The lowest BCUT2D eigenvalue weighted by Gasteiger charge is -2.29. The van der Waals surface area contributed by atoms with E-state index in [9.17, 15) is 0 Å². The average Bonchev–Trinajstić information content (AvgIpc) is 3.09. The maximum atomic E-state index is 2.41. The van der Waals surface area contributed by atoms with E-state index in [4.69, 9.17) is 0 Å². The van der Waals surface area contributed by atoms with Gasteiger partial charge in [0.2, 0.25) is 0 Å². The van der Waals surface area contributed by atoms with E-state index in [1.54, 1.807) is 0 Å². The molecule has 0 fully saturated rings. The molecule has 0 heterocycles. The number of hydrogen-bond acceptors (Lipinski definition) is 1. The molecule has 202 valence electrons. The second kappa shape index (κ2) is 10.6. The van der Waals surface area contributed by atoms with E-state index >= 15 is 0 Å². The number of benzene rings is 8. The zero-order valence-corrected chi connectivity index (χ0v) is 23.7. The van der Waals surface area contributed by atoms with E-state index < -0.39 is 0 Å². The first-order valence-electron chi connectivity index (χ1n) is 14.8. The molecular weight excluding hydrogens is 518 g/mol. The van der Waals surface area contributed by atoms with Gasteiger partial charge in [-0.05, 0) is 68.1 Å². The van der Waals surface area contributed by atoms with Crippen LogP contribution in [0.5, 0.6) is 0 Å². The monoisotopic (exact) mass is 547 g/mol. The van der Waals surface area contributed by atoms with E-state index in [1.807, 2.05) is 0 Å². The molecule has 0 radical (unpaired) electrons. The molecule has 0 saturated carbocycles. The van der Waals surface area contributed by atoms with Gasteiger partial charge in [-0.2, -0.15) is 0 Å². The summed E-state index contributed by atoms with van der Waals surface area (Å²) in [6.45, 7) is 0. The van der Waals surface area contributed by atoms with Crippen molar-refractivity contribution in [2.24, 2.45) is 0 Å². The van der Waals surface area contributed by atoms with Crippen LogP contribution in [0.25, 0.3) is 54.6 Å². The molecule has 8 aromatic carbocycles. The molecule has 1 heteroatoms. The van der Waals surface area contributed by atoms with Crippen molar-refractivity contribution in [2.75, 3.05) is 4.90 Å². The van der Waals surface area contributed by atoms with Gasteiger partial charge in [0.1, 0.15) is 0 Å². The smallest absolute Gasteiger partial charge is 0.0618 e. The third kappa shape index (κ3) is 4.26. The SMILES string of the molecule is c1ccc(-c2ccc(-c3c4ccccc4c(N(c4ccccc4)c4ccccc4)c4ccccc34)c3ccccc23)cc1. The Bertz CT molecular complexity index is 2120. The predicted octanol–water partition coefficient (Wildman–Crippen LogP) is 11.9. The second-order valence-corrected chi connectivity index (χ2v) is 10.9. The Labute approximate surface area is 251 Å². The lowest BCUT2D eigenvalue weighted by atomic mass is 9.86. The average molecular weight is 548 g/mol. The van der Waals surface area contributed by atoms with Crippen molar-refractivity contribution in [3.8, 4) is 22.3 Å². The number of hydrogen-bond donors (Lipinski definition) is 0. The quantitative estimate of drug-likeness (QED) is 0.194. The Morgan fingerprint density at radius 3 is 1.16 bits per heavy atom. The van der Waals surface area contributed by atoms with Gasteiger partial charge < -0.3 is 4.90 Å². The van der Waals surface area contributed by atoms with Crippen LogP contribution in [0, 0.1) is 0 Å². The van der Waals surface area contributed by atoms with Crippen LogP contribution in [0.2, 0.25) is 0 Å². The molecule has 0 bridgehead atoms. The van der Waals surface area contributed by atoms with E-state index in [-0.39, 0.29) is 0 Å². The lowest BCUT2D eigenvalue weighted by Crippen LogP contribution is -2.11. The van der Waals surface area contributed by atoms with Crippen molar-refractivity contribution in [1.82, 2.24) is 0 Å². The maximum absolute atomic E-state index is 2.41. The third-order valence-electron chi connectivity index (χ3n) is 8.43. The number of fused-ring (bicyclic) bond motifs is 3. The van der Waals surface area contributed by atoms with Crippen molar-refractivity contribution in [1.29, 1.82) is 0 Å². The third-order valence-corrected chi connectivity index (χ3v) is 8.43. The fourth-order valence-electron chi connectivity index (χ4n) is 6.58. The van der Waals surface area contributed by atoms with Gasteiger partial charge in [0.05, 0.1) is 5.69 Å². The zero-order chi connectivity index (χ0) is 28.6. The van der Waals surface area contributed by atoms with Crippen LogP contribution in [-0.4, -0.2) is 0 Å². The van der Waals surface area contributed by atoms with Gasteiger partial charge in [-0.3, -0.25) is 0 Å². The largest absolute Gasteiger partial charge is 0.309 e. The lowest BCUT2D eigenvalue weighted by molar-refractivity contribution is 1.31. The number of nitrogens with zero attached hydrogens (tertiary/aromatic N) is 1. The van der Waals surface area contributed by atoms with Gasteiger partial charge in [0.25, 0.3) is 0 Å². The first kappa shape index (κ1) is 25.1. The highest BCUT2D eigenvalue weighted by molar-refractivity contribution is 6.24. The molecule has 0 spiro atoms. The molecule has 0 amide bonds. The first-order valence-corrected chi connectivity index (χ1v) is 14.8. The van der Waals surface area contributed by atoms with Crippen LogP contribution in [0.15, 0.2) is 176 Å². The van der Waals surface area contributed by atoms with E-state index in [0.717, 1.165) is 11.4 Å². The summed E-state index contributed by atoms with van der Waals surface area (Å²) in [5.74, 6) is 0. The Hall–Kier alpha value is -5.66. The molecule has 8 rings (SSSR count). The van der Waals surface area contributed by atoms with E-state index in [2.05, 4.69) is 181 Å². The number of para-hydroxylation sites is 2. The topological polar surface area (TPSA) is 3.24 Å². The molecule has 0 aliphatic rings. The van der Waals surface area contributed by atoms with Gasteiger partial charge in [-0.25, -0.2) is 0 Å². The molecule has 1 nitrogen and oxygen atoms in total. The summed E-state index contributed by atoms with van der Waals surface area (Å²) in [5, 5.41) is 7.45. The zero-order valence-electron chi connectivity index (χ0n) is 23.7. The highest BCUT2D eigenvalue weighted by Crippen LogP contribution is 2.49. The number of anilines is 3. The second-order valence-electron chi connectivity index (χ2n) is 10.9. The first-order chi connectivity index (χ1) is 21.4. The summed E-state index contributed by atoms with van der Waals surface area (Å²) in [7, 11) is 0. The maximum Gasteiger partial charge on any atom is 0.0618 e. The van der Waals surface area contributed by atoms with Crippen molar-refractivity contribution in [3.05, 3.63) is 176 Å². The summed E-state index contributed by atoms with van der Waals surface area (Å²) in [4.78, 5) is 2.41. The summed E-state index contributed by atoms with van der Waals surface area (Å²) in [5.41, 5.74) is 8.47. The minimum atomic E-state index is 1.13. The summed E-state index contributed by atoms with van der Waals surface area (Å²) < 4.78 is 0. The molecule has 0 aliphatic carbocycles. The highest BCUT2D eigenvalue weighted by Gasteiger charge is 2.22. The van der Waals surface area contributed by atoms with Crippen LogP contribution in [0.4, 0.5) is 17.1 Å². The standard InChI is InChI=1S/C42H29N/c1-4-16-30(17-5-1)33-28-29-38(35-23-11-10-22-34(33)35)41-36-24-12-14-26-39(36)42(40-27-15-13-25-37(40)41)43(31-18-6-2-7-19-31)32-20-8-3-9-21-32/h1-29H. The summed E-state index contributed by atoms with van der Waals surface area (Å²) in [6, 6.07) is 63.3. The van der Waals surface area contributed by atoms with Gasteiger partial charge in [0, 0.05) is 22.1 Å². The van der Waals surface area contributed by atoms with Crippen LogP contribution in [0.1, 0.15) is 0 Å². The fraction of sp³-hybridized carbons (Fsp3) is 0. The van der Waals surface area contributed by atoms with Crippen LogP contribution in [-0.2, 0) is 0 Å². The molecule has 0 saturated heterocycles. The molecule has 43 heavy (non-hydrogen) atoms. The normalized spacial score (nSPS) is 11.3.